The molecule has 0 fully saturated rings. The third-order valence-electron chi connectivity index (χ3n) is 4.36. The van der Waals surface area contributed by atoms with Gasteiger partial charge in [0.1, 0.15) is 23.6 Å². The largest absolute Gasteiger partial charge is 0.494 e. The second kappa shape index (κ2) is 7.02. The molecule has 1 N–H and O–H groups in total. The van der Waals surface area contributed by atoms with Crippen molar-refractivity contribution in [3.63, 3.8) is 0 Å². The lowest BCUT2D eigenvalue weighted by Crippen LogP contribution is -2.25. The first-order chi connectivity index (χ1) is 13.5. The van der Waals surface area contributed by atoms with Gasteiger partial charge in [0, 0.05) is 13.1 Å². The highest BCUT2D eigenvalue weighted by Crippen LogP contribution is 2.25. The van der Waals surface area contributed by atoms with Crippen LogP contribution in [-0.4, -0.2) is 45.3 Å². The Morgan fingerprint density at radius 1 is 1.18 bits per heavy atom. The van der Waals surface area contributed by atoms with Gasteiger partial charge in [0.2, 0.25) is 10.0 Å². The van der Waals surface area contributed by atoms with Crippen LogP contribution in [0.3, 0.4) is 0 Å². The number of sulfonamides is 1. The standard InChI is InChI=1S/C17H17N7O3S/c1-23-14-6-4-3-5-13(14)20-17(23)10-19-28(25,26)12-7-8-15(16(9-12)27-2)24-11-18-21-22-24/h3-9,11,19H,10H2,1-2H3. The highest BCUT2D eigenvalue weighted by molar-refractivity contribution is 7.89. The molecule has 0 radical (unpaired) electrons. The second-order valence-electron chi connectivity index (χ2n) is 5.99. The molecular formula is C17H17N7O3S. The van der Waals surface area contributed by atoms with E-state index < -0.39 is 10.0 Å². The molecule has 0 aliphatic heterocycles. The molecule has 0 aliphatic rings. The first-order valence-electron chi connectivity index (χ1n) is 8.31. The van der Waals surface area contributed by atoms with Crippen LogP contribution in [0.25, 0.3) is 16.7 Å². The van der Waals surface area contributed by atoms with Gasteiger partial charge in [-0.1, -0.05) is 12.1 Å². The fourth-order valence-corrected chi connectivity index (χ4v) is 3.88. The molecule has 0 unspecified atom stereocenters. The number of benzene rings is 2. The van der Waals surface area contributed by atoms with E-state index in [0.29, 0.717) is 17.3 Å². The molecule has 144 valence electrons. The van der Waals surface area contributed by atoms with Crippen molar-refractivity contribution in [1.29, 1.82) is 0 Å². The Hall–Kier alpha value is -3.31. The smallest absolute Gasteiger partial charge is 0.241 e. The molecule has 11 heteroatoms. The van der Waals surface area contributed by atoms with Crippen LogP contribution in [0, 0.1) is 0 Å². The Morgan fingerprint density at radius 2 is 2.00 bits per heavy atom. The van der Waals surface area contributed by atoms with Crippen molar-refractivity contribution in [1.82, 2.24) is 34.5 Å². The van der Waals surface area contributed by atoms with E-state index in [4.69, 9.17) is 4.74 Å². The average molecular weight is 399 g/mol. The monoisotopic (exact) mass is 399 g/mol. The predicted molar refractivity (Wildman–Crippen MR) is 100 cm³/mol. The molecule has 4 aromatic rings. The third kappa shape index (κ3) is 3.21. The summed E-state index contributed by atoms with van der Waals surface area (Å²) in [5, 5.41) is 10.9. The van der Waals surface area contributed by atoms with Crippen LogP contribution >= 0.6 is 0 Å². The van der Waals surface area contributed by atoms with Crippen LogP contribution in [0.1, 0.15) is 5.82 Å². The summed E-state index contributed by atoms with van der Waals surface area (Å²) in [6.07, 6.45) is 1.40. The number of para-hydroxylation sites is 2. The molecule has 0 atom stereocenters. The first kappa shape index (κ1) is 18.1. The third-order valence-corrected chi connectivity index (χ3v) is 5.76. The van der Waals surface area contributed by atoms with Gasteiger partial charge in [-0.25, -0.2) is 18.1 Å². The van der Waals surface area contributed by atoms with Crippen molar-refractivity contribution < 1.29 is 13.2 Å². The van der Waals surface area contributed by atoms with E-state index in [2.05, 4.69) is 25.2 Å². The van der Waals surface area contributed by atoms with E-state index in [1.807, 2.05) is 35.9 Å². The minimum atomic E-state index is -3.78. The van der Waals surface area contributed by atoms with Crippen LogP contribution in [0.15, 0.2) is 53.7 Å². The van der Waals surface area contributed by atoms with Gasteiger partial charge in [0.15, 0.2) is 0 Å². The number of fused-ring (bicyclic) bond motifs is 1. The fraction of sp³-hybridized carbons (Fsp3) is 0.176. The Labute approximate surface area is 160 Å². The average Bonchev–Trinajstić information content (AvgIpc) is 3.35. The summed E-state index contributed by atoms with van der Waals surface area (Å²) < 4.78 is 36.6. The Kier molecular flexibility index (Phi) is 4.53. The van der Waals surface area contributed by atoms with E-state index >= 15 is 0 Å². The maximum absolute atomic E-state index is 12.7. The zero-order valence-corrected chi connectivity index (χ0v) is 16.0. The summed E-state index contributed by atoms with van der Waals surface area (Å²) in [7, 11) is -0.474. The molecular weight excluding hydrogens is 382 g/mol. The van der Waals surface area contributed by atoms with Gasteiger partial charge in [-0.2, -0.15) is 4.68 Å². The van der Waals surface area contributed by atoms with Crippen molar-refractivity contribution in [3.05, 3.63) is 54.6 Å². The number of ether oxygens (including phenoxy) is 1. The number of methoxy groups -OCH3 is 1. The zero-order valence-electron chi connectivity index (χ0n) is 15.1. The number of imidazole rings is 1. The summed E-state index contributed by atoms with van der Waals surface area (Å²) in [5.74, 6) is 0.944. The van der Waals surface area contributed by atoms with Crippen LogP contribution in [0.2, 0.25) is 0 Å². The van der Waals surface area contributed by atoms with Crippen molar-refractivity contribution >= 4 is 21.1 Å². The van der Waals surface area contributed by atoms with Gasteiger partial charge in [-0.3, -0.25) is 0 Å². The number of tetrazole rings is 1. The molecule has 0 spiro atoms. The van der Waals surface area contributed by atoms with Crippen molar-refractivity contribution in [2.24, 2.45) is 7.05 Å². The lowest BCUT2D eigenvalue weighted by Gasteiger charge is -2.11. The minimum Gasteiger partial charge on any atom is -0.494 e. The molecule has 0 saturated heterocycles. The number of nitrogens with zero attached hydrogens (tertiary/aromatic N) is 6. The molecule has 0 bridgehead atoms. The summed E-state index contributed by atoms with van der Waals surface area (Å²) in [6, 6.07) is 12.1. The fourth-order valence-electron chi connectivity index (χ4n) is 2.88. The topological polar surface area (TPSA) is 117 Å². The van der Waals surface area contributed by atoms with Gasteiger partial charge in [0.25, 0.3) is 0 Å². The highest BCUT2D eigenvalue weighted by Gasteiger charge is 2.19. The molecule has 0 aliphatic carbocycles. The number of aryl methyl sites for hydroxylation is 1. The Balaban J connectivity index is 1.60. The van der Waals surface area contributed by atoms with E-state index in [-0.39, 0.29) is 11.4 Å². The SMILES string of the molecule is COc1cc(S(=O)(=O)NCc2nc3ccccc3n2C)ccc1-n1cnnn1. The van der Waals surface area contributed by atoms with Crippen LogP contribution in [0.5, 0.6) is 5.75 Å². The first-order valence-corrected chi connectivity index (χ1v) is 9.79. The molecule has 0 saturated carbocycles. The highest BCUT2D eigenvalue weighted by atomic mass is 32.2. The number of hydrogen-bond donors (Lipinski definition) is 1. The van der Waals surface area contributed by atoms with E-state index in [1.54, 1.807) is 6.07 Å². The van der Waals surface area contributed by atoms with Gasteiger partial charge >= 0.3 is 0 Å². The zero-order chi connectivity index (χ0) is 19.7. The molecule has 2 aromatic heterocycles. The lowest BCUT2D eigenvalue weighted by atomic mass is 10.3. The summed E-state index contributed by atoms with van der Waals surface area (Å²) >= 11 is 0. The van der Waals surface area contributed by atoms with Crippen LogP contribution < -0.4 is 9.46 Å². The van der Waals surface area contributed by atoms with Crippen molar-refractivity contribution in [2.45, 2.75) is 11.4 Å². The van der Waals surface area contributed by atoms with E-state index in [1.165, 1.54) is 30.3 Å². The maximum Gasteiger partial charge on any atom is 0.241 e. The predicted octanol–water partition coefficient (Wildman–Crippen LogP) is 1.04. The Morgan fingerprint density at radius 3 is 2.71 bits per heavy atom. The van der Waals surface area contributed by atoms with Gasteiger partial charge in [-0.15, -0.1) is 5.10 Å². The summed E-state index contributed by atoms with van der Waals surface area (Å²) in [6.45, 7) is 0.0601. The molecule has 0 amide bonds. The molecule has 4 rings (SSSR count). The summed E-state index contributed by atoms with van der Waals surface area (Å²) in [5.41, 5.74) is 2.28. The van der Waals surface area contributed by atoms with Gasteiger partial charge in [-0.05, 0) is 34.7 Å². The van der Waals surface area contributed by atoms with Crippen LogP contribution in [-0.2, 0) is 23.6 Å². The number of hydrogen-bond acceptors (Lipinski definition) is 7. The number of nitrogens with one attached hydrogen (secondary N) is 1. The van der Waals surface area contributed by atoms with Crippen molar-refractivity contribution in [3.8, 4) is 11.4 Å². The Bertz CT molecular complexity index is 1230. The van der Waals surface area contributed by atoms with Crippen molar-refractivity contribution in [2.75, 3.05) is 7.11 Å². The molecule has 2 aromatic carbocycles. The van der Waals surface area contributed by atoms with E-state index in [0.717, 1.165) is 11.0 Å². The molecule has 28 heavy (non-hydrogen) atoms. The van der Waals surface area contributed by atoms with Gasteiger partial charge < -0.3 is 9.30 Å². The molecule has 2 heterocycles. The summed E-state index contributed by atoms with van der Waals surface area (Å²) in [4.78, 5) is 4.55. The second-order valence-corrected chi connectivity index (χ2v) is 7.76. The quantitative estimate of drug-likeness (QED) is 0.515. The maximum atomic E-state index is 12.7. The lowest BCUT2D eigenvalue weighted by molar-refractivity contribution is 0.410. The van der Waals surface area contributed by atoms with Gasteiger partial charge in [0.05, 0.1) is 29.6 Å². The normalized spacial score (nSPS) is 11.8. The number of aromatic nitrogens is 6. The number of rotatable bonds is 6. The minimum absolute atomic E-state index is 0.0601. The molecule has 10 nitrogen and oxygen atoms in total. The van der Waals surface area contributed by atoms with E-state index in [9.17, 15) is 8.42 Å². The van der Waals surface area contributed by atoms with Crippen LogP contribution in [0.4, 0.5) is 0 Å².